The molecule has 0 amide bonds. The molecule has 1 aliphatic heterocycles. The number of aromatic nitrogens is 4. The van der Waals surface area contributed by atoms with Crippen molar-refractivity contribution < 1.29 is 4.90 Å². The molecule has 5 rings (SSSR count). The summed E-state index contributed by atoms with van der Waals surface area (Å²) in [6.07, 6.45) is 2.78. The summed E-state index contributed by atoms with van der Waals surface area (Å²) in [5, 5.41) is 10.4. The van der Waals surface area contributed by atoms with Crippen LogP contribution in [-0.2, 0) is 13.0 Å². The second kappa shape index (κ2) is 6.88. The predicted molar refractivity (Wildman–Crippen MR) is 114 cm³/mol. The lowest BCUT2D eigenvalue weighted by Crippen LogP contribution is -3.08. The number of rotatable bonds is 4. The van der Waals surface area contributed by atoms with E-state index in [1.807, 2.05) is 36.4 Å². The van der Waals surface area contributed by atoms with Crippen molar-refractivity contribution in [1.82, 2.24) is 19.2 Å². The van der Waals surface area contributed by atoms with Gasteiger partial charge in [0.15, 0.2) is 5.16 Å². The highest BCUT2D eigenvalue weighted by atomic mass is 32.2. The van der Waals surface area contributed by atoms with Gasteiger partial charge in [0, 0.05) is 12.2 Å². The normalized spacial score (nSPS) is 16.5. The fourth-order valence-electron chi connectivity index (χ4n) is 3.81. The quantitative estimate of drug-likeness (QED) is 0.413. The van der Waals surface area contributed by atoms with Crippen molar-refractivity contribution in [2.45, 2.75) is 18.1 Å². The second-order valence-electron chi connectivity index (χ2n) is 7.01. The van der Waals surface area contributed by atoms with E-state index in [0.29, 0.717) is 5.78 Å². The van der Waals surface area contributed by atoms with Crippen molar-refractivity contribution in [2.75, 3.05) is 19.3 Å². The fraction of sp³-hybridized carbons (Fsp3) is 0.250. The highest BCUT2D eigenvalue weighted by molar-refractivity contribution is 7.99. The number of nitrogens with one attached hydrogen (secondary N) is 1. The summed E-state index contributed by atoms with van der Waals surface area (Å²) < 4.78 is 3.75. The van der Waals surface area contributed by atoms with E-state index >= 15 is 0 Å². The first-order chi connectivity index (χ1) is 13.7. The molecule has 0 saturated carbocycles. The van der Waals surface area contributed by atoms with Crippen LogP contribution in [-0.4, -0.2) is 38.5 Å². The third-order valence-corrected chi connectivity index (χ3v) is 7.26. The monoisotopic (exact) mass is 410 g/mol. The van der Waals surface area contributed by atoms with E-state index in [1.165, 1.54) is 15.3 Å². The molecule has 142 valence electrons. The Morgan fingerprint density at radius 2 is 2.14 bits per heavy atom. The third-order valence-electron chi connectivity index (χ3n) is 5.12. The topological polar surface area (TPSA) is 56.6 Å². The van der Waals surface area contributed by atoms with Gasteiger partial charge in [-0.2, -0.15) is 0 Å². The van der Waals surface area contributed by atoms with Crippen LogP contribution in [0.1, 0.15) is 10.4 Å². The Morgan fingerprint density at radius 3 is 2.93 bits per heavy atom. The third kappa shape index (κ3) is 2.63. The van der Waals surface area contributed by atoms with Gasteiger partial charge in [0.2, 0.25) is 5.78 Å². The van der Waals surface area contributed by atoms with Gasteiger partial charge in [0.1, 0.15) is 11.4 Å². The van der Waals surface area contributed by atoms with Crippen LogP contribution in [0.3, 0.4) is 0 Å². The number of thiophene rings is 1. The van der Waals surface area contributed by atoms with Gasteiger partial charge in [-0.25, -0.2) is 8.97 Å². The van der Waals surface area contributed by atoms with Gasteiger partial charge >= 0.3 is 0 Å². The molecule has 4 heterocycles. The Balaban J connectivity index is 1.91. The van der Waals surface area contributed by atoms with E-state index in [1.54, 1.807) is 27.7 Å². The van der Waals surface area contributed by atoms with Crippen LogP contribution >= 0.6 is 23.1 Å². The van der Waals surface area contributed by atoms with E-state index in [4.69, 9.17) is 0 Å². The largest absolute Gasteiger partial charge is 0.333 e. The zero-order valence-electron chi connectivity index (χ0n) is 15.5. The average molecular weight is 411 g/mol. The number of thioether (sulfide) groups is 1. The summed E-state index contributed by atoms with van der Waals surface area (Å²) in [6, 6.07) is 9.70. The van der Waals surface area contributed by atoms with Crippen molar-refractivity contribution in [3.63, 3.8) is 0 Å². The Morgan fingerprint density at radius 1 is 1.32 bits per heavy atom. The van der Waals surface area contributed by atoms with E-state index in [9.17, 15) is 4.79 Å². The van der Waals surface area contributed by atoms with E-state index in [-0.39, 0.29) is 5.56 Å². The smallest absolute Gasteiger partial charge is 0.268 e. The fourth-order valence-corrected chi connectivity index (χ4v) is 5.98. The average Bonchev–Trinajstić information content (AvgIpc) is 3.28. The number of quaternary nitrogens is 1. The first kappa shape index (κ1) is 17.7. The predicted octanol–water partition coefficient (Wildman–Crippen LogP) is 1.94. The summed E-state index contributed by atoms with van der Waals surface area (Å²) in [7, 11) is 2.20. The van der Waals surface area contributed by atoms with Crippen LogP contribution in [0.15, 0.2) is 52.9 Å². The van der Waals surface area contributed by atoms with Gasteiger partial charge in [-0.15, -0.1) is 28.1 Å². The molecule has 1 unspecified atom stereocenters. The van der Waals surface area contributed by atoms with Crippen LogP contribution in [0.4, 0.5) is 0 Å². The van der Waals surface area contributed by atoms with Gasteiger partial charge in [-0.1, -0.05) is 36.0 Å². The summed E-state index contributed by atoms with van der Waals surface area (Å²) in [6.45, 7) is 5.81. The highest BCUT2D eigenvalue weighted by Gasteiger charge is 2.27. The molecule has 6 nitrogen and oxygen atoms in total. The first-order valence-electron chi connectivity index (χ1n) is 9.24. The van der Waals surface area contributed by atoms with E-state index < -0.39 is 0 Å². The maximum Gasteiger partial charge on any atom is 0.268 e. The van der Waals surface area contributed by atoms with Crippen LogP contribution in [0.25, 0.3) is 21.7 Å². The summed E-state index contributed by atoms with van der Waals surface area (Å²) in [4.78, 5) is 17.4. The van der Waals surface area contributed by atoms with Crippen molar-refractivity contribution in [3.05, 3.63) is 63.8 Å². The number of hydrogen-bond donors (Lipinski definition) is 1. The van der Waals surface area contributed by atoms with Crippen LogP contribution in [0, 0.1) is 0 Å². The van der Waals surface area contributed by atoms with Gasteiger partial charge < -0.3 is 4.90 Å². The van der Waals surface area contributed by atoms with Crippen molar-refractivity contribution in [2.24, 2.45) is 0 Å². The molecule has 8 heteroatoms. The number of para-hydroxylation sites is 1. The molecule has 1 N–H and O–H groups in total. The molecule has 0 aliphatic carbocycles. The number of likely N-dealkylation sites (N-methyl/N-ethyl adjacent to an activating group) is 1. The number of fused-ring (bicyclic) bond motifs is 5. The minimum Gasteiger partial charge on any atom is -0.333 e. The Hall–Kier alpha value is -2.42. The van der Waals surface area contributed by atoms with Gasteiger partial charge in [0.25, 0.3) is 5.56 Å². The Kier molecular flexibility index (Phi) is 4.34. The molecule has 1 aliphatic rings. The van der Waals surface area contributed by atoms with Crippen LogP contribution < -0.4 is 10.5 Å². The molecular formula is C20H20N5OS2+. The van der Waals surface area contributed by atoms with Crippen molar-refractivity contribution >= 4 is 39.1 Å². The van der Waals surface area contributed by atoms with Crippen LogP contribution in [0.2, 0.25) is 0 Å². The number of nitrogens with zero attached hydrogens (tertiary/aromatic N) is 4. The van der Waals surface area contributed by atoms with Crippen molar-refractivity contribution in [3.8, 4) is 5.69 Å². The lowest BCUT2D eigenvalue weighted by molar-refractivity contribution is -0.895. The molecule has 1 atom stereocenters. The molecule has 0 fully saturated rings. The standard InChI is InChI=1S/C20H19N5OS2/c1-3-11-27-20-22-21-19-24(13-7-5-4-6-8-13)17(26)16-14-9-10-23(2)12-15(14)28-18(16)25(19)20/h3-8H,1,9-12H2,2H3/p+1. The molecule has 3 aromatic heterocycles. The Bertz CT molecular complexity index is 1250. The molecule has 0 saturated heterocycles. The number of hydrogen-bond acceptors (Lipinski definition) is 5. The number of benzene rings is 1. The molecule has 0 bridgehead atoms. The van der Waals surface area contributed by atoms with Gasteiger partial charge in [0.05, 0.1) is 29.5 Å². The lowest BCUT2D eigenvalue weighted by Gasteiger charge is -2.19. The minimum absolute atomic E-state index is 0.00146. The van der Waals surface area contributed by atoms with E-state index in [0.717, 1.165) is 46.3 Å². The zero-order chi connectivity index (χ0) is 19.3. The summed E-state index contributed by atoms with van der Waals surface area (Å²) in [5.74, 6) is 1.31. The maximum atomic E-state index is 13.6. The van der Waals surface area contributed by atoms with Crippen LogP contribution in [0.5, 0.6) is 0 Å². The first-order valence-corrected chi connectivity index (χ1v) is 11.0. The van der Waals surface area contributed by atoms with Gasteiger partial charge in [-0.3, -0.25) is 4.79 Å². The van der Waals surface area contributed by atoms with E-state index in [2.05, 4.69) is 28.2 Å². The molecule has 1 aromatic carbocycles. The SMILES string of the molecule is C=CCSc1nnc2n(-c3ccccc3)c(=O)c3c4c(sc3n12)C[NH+](C)CC4. The second-order valence-corrected chi connectivity index (χ2v) is 9.08. The lowest BCUT2D eigenvalue weighted by atomic mass is 10.1. The zero-order valence-corrected chi connectivity index (χ0v) is 17.1. The maximum absolute atomic E-state index is 13.6. The summed E-state index contributed by atoms with van der Waals surface area (Å²) >= 11 is 3.30. The van der Waals surface area contributed by atoms with Gasteiger partial charge in [-0.05, 0) is 17.7 Å². The van der Waals surface area contributed by atoms with Crippen molar-refractivity contribution in [1.29, 1.82) is 0 Å². The minimum atomic E-state index is -0.00146. The molecule has 28 heavy (non-hydrogen) atoms. The molecule has 0 radical (unpaired) electrons. The Labute approximate surface area is 170 Å². The molecule has 4 aromatic rings. The highest BCUT2D eigenvalue weighted by Crippen LogP contribution is 2.33. The summed E-state index contributed by atoms with van der Waals surface area (Å²) in [5.41, 5.74) is 2.01. The molecular weight excluding hydrogens is 390 g/mol. The molecule has 0 spiro atoms.